The van der Waals surface area contributed by atoms with Crippen LogP contribution in [0.2, 0.25) is 0 Å². The van der Waals surface area contributed by atoms with Gasteiger partial charge in [-0.2, -0.15) is 0 Å². The molecule has 0 aliphatic heterocycles. The number of hydrogen-bond donors (Lipinski definition) is 1. The van der Waals surface area contributed by atoms with Crippen molar-refractivity contribution in [1.29, 1.82) is 0 Å². The maximum absolute atomic E-state index is 12.6. The standard InChI is InChI=1S/C19H22N2O3/c1-2-24-19(23)14-8-4-6-10-16(14)21-18(22)17-12-11-13-7-3-5-9-15(13)20-17/h3,5,7,9,11-12,14,16H,2,4,6,8,10H2,1H3,(H,21,22)/t14-,16+/m1/s1. The summed E-state index contributed by atoms with van der Waals surface area (Å²) in [5, 5.41) is 3.98. The fourth-order valence-corrected chi connectivity index (χ4v) is 3.27. The van der Waals surface area contributed by atoms with Gasteiger partial charge in [-0.3, -0.25) is 9.59 Å². The lowest BCUT2D eigenvalue weighted by molar-refractivity contribution is -0.150. The van der Waals surface area contributed by atoms with Crippen molar-refractivity contribution >= 4 is 22.8 Å². The molecule has 1 saturated carbocycles. The molecule has 0 spiro atoms. The van der Waals surface area contributed by atoms with Crippen LogP contribution < -0.4 is 5.32 Å². The molecule has 5 heteroatoms. The van der Waals surface area contributed by atoms with E-state index in [1.165, 1.54) is 0 Å². The van der Waals surface area contributed by atoms with E-state index in [9.17, 15) is 9.59 Å². The van der Waals surface area contributed by atoms with Crippen molar-refractivity contribution in [2.24, 2.45) is 5.92 Å². The minimum absolute atomic E-state index is 0.182. The summed E-state index contributed by atoms with van der Waals surface area (Å²) in [5.41, 5.74) is 1.16. The topological polar surface area (TPSA) is 68.3 Å². The highest BCUT2D eigenvalue weighted by atomic mass is 16.5. The first kappa shape index (κ1) is 16.4. The van der Waals surface area contributed by atoms with Gasteiger partial charge < -0.3 is 10.1 Å². The molecule has 1 heterocycles. The molecule has 1 N–H and O–H groups in total. The molecule has 3 rings (SSSR count). The van der Waals surface area contributed by atoms with Crippen molar-refractivity contribution in [2.75, 3.05) is 6.61 Å². The summed E-state index contributed by atoms with van der Waals surface area (Å²) in [6.45, 7) is 2.16. The average molecular weight is 326 g/mol. The minimum atomic E-state index is -0.261. The van der Waals surface area contributed by atoms with Gasteiger partial charge in [-0.1, -0.05) is 37.1 Å². The Morgan fingerprint density at radius 3 is 2.79 bits per heavy atom. The van der Waals surface area contributed by atoms with E-state index >= 15 is 0 Å². The Kier molecular flexibility index (Phi) is 5.08. The molecule has 2 atom stereocenters. The van der Waals surface area contributed by atoms with Crippen LogP contribution in [-0.2, 0) is 9.53 Å². The lowest BCUT2D eigenvalue weighted by atomic mass is 9.84. The van der Waals surface area contributed by atoms with Crippen molar-refractivity contribution in [3.8, 4) is 0 Å². The van der Waals surface area contributed by atoms with E-state index in [-0.39, 0.29) is 23.8 Å². The number of nitrogens with zero attached hydrogens (tertiary/aromatic N) is 1. The average Bonchev–Trinajstić information content (AvgIpc) is 2.62. The quantitative estimate of drug-likeness (QED) is 0.877. The highest BCUT2D eigenvalue weighted by molar-refractivity contribution is 5.95. The number of carbonyl (C=O) groups excluding carboxylic acids is 2. The normalized spacial score (nSPS) is 20.5. The van der Waals surface area contributed by atoms with Crippen LogP contribution in [0.4, 0.5) is 0 Å². The zero-order chi connectivity index (χ0) is 16.9. The van der Waals surface area contributed by atoms with Crippen LogP contribution in [-0.4, -0.2) is 29.5 Å². The van der Waals surface area contributed by atoms with Gasteiger partial charge in [0.25, 0.3) is 5.91 Å². The van der Waals surface area contributed by atoms with Gasteiger partial charge in [0.15, 0.2) is 0 Å². The zero-order valence-electron chi connectivity index (χ0n) is 13.8. The second kappa shape index (κ2) is 7.43. The molecule has 0 bridgehead atoms. The minimum Gasteiger partial charge on any atom is -0.466 e. The Morgan fingerprint density at radius 1 is 1.17 bits per heavy atom. The molecule has 1 aromatic heterocycles. The molecule has 1 aromatic carbocycles. The molecule has 5 nitrogen and oxygen atoms in total. The maximum Gasteiger partial charge on any atom is 0.311 e. The van der Waals surface area contributed by atoms with Crippen molar-refractivity contribution in [3.63, 3.8) is 0 Å². The van der Waals surface area contributed by atoms with Crippen molar-refractivity contribution in [1.82, 2.24) is 10.3 Å². The lowest BCUT2D eigenvalue weighted by Gasteiger charge is -2.30. The van der Waals surface area contributed by atoms with Gasteiger partial charge in [0.1, 0.15) is 5.69 Å². The molecule has 1 aliphatic rings. The van der Waals surface area contributed by atoms with Gasteiger partial charge in [0.05, 0.1) is 18.0 Å². The first-order valence-electron chi connectivity index (χ1n) is 8.52. The number of esters is 1. The second-order valence-electron chi connectivity index (χ2n) is 6.11. The van der Waals surface area contributed by atoms with E-state index in [1.807, 2.05) is 30.3 Å². The second-order valence-corrected chi connectivity index (χ2v) is 6.11. The van der Waals surface area contributed by atoms with Crippen molar-refractivity contribution in [3.05, 3.63) is 42.1 Å². The van der Waals surface area contributed by atoms with Crippen LogP contribution in [0.3, 0.4) is 0 Å². The first-order valence-corrected chi connectivity index (χ1v) is 8.52. The highest BCUT2D eigenvalue weighted by Gasteiger charge is 2.33. The van der Waals surface area contributed by atoms with Crippen LogP contribution in [0.5, 0.6) is 0 Å². The van der Waals surface area contributed by atoms with Crippen LogP contribution in [0.25, 0.3) is 10.9 Å². The Morgan fingerprint density at radius 2 is 1.96 bits per heavy atom. The monoisotopic (exact) mass is 326 g/mol. The number of carbonyl (C=O) groups is 2. The van der Waals surface area contributed by atoms with E-state index in [0.29, 0.717) is 12.3 Å². The summed E-state index contributed by atoms with van der Waals surface area (Å²) in [6, 6.07) is 11.1. The predicted octanol–water partition coefficient (Wildman–Crippen LogP) is 3.09. The zero-order valence-corrected chi connectivity index (χ0v) is 13.8. The fraction of sp³-hybridized carbons (Fsp3) is 0.421. The number of fused-ring (bicyclic) bond motifs is 1. The van der Waals surface area contributed by atoms with Crippen LogP contribution in [0, 0.1) is 5.92 Å². The summed E-state index contributed by atoms with van der Waals surface area (Å²) in [7, 11) is 0. The number of para-hydroxylation sites is 1. The third kappa shape index (κ3) is 3.55. The van der Waals surface area contributed by atoms with Gasteiger partial charge >= 0.3 is 5.97 Å². The summed E-state index contributed by atoms with van der Waals surface area (Å²) in [4.78, 5) is 29.1. The van der Waals surface area contributed by atoms with Crippen LogP contribution in [0.15, 0.2) is 36.4 Å². The Labute approximate surface area is 141 Å². The third-order valence-corrected chi connectivity index (χ3v) is 4.50. The summed E-state index contributed by atoms with van der Waals surface area (Å²) in [6.07, 6.45) is 3.55. The van der Waals surface area contributed by atoms with Crippen molar-refractivity contribution in [2.45, 2.75) is 38.6 Å². The van der Waals surface area contributed by atoms with E-state index in [2.05, 4.69) is 10.3 Å². The summed E-state index contributed by atoms with van der Waals surface area (Å²) >= 11 is 0. The number of rotatable bonds is 4. The summed E-state index contributed by atoms with van der Waals surface area (Å²) in [5.74, 6) is -0.709. The molecule has 0 saturated heterocycles. The molecular weight excluding hydrogens is 304 g/mol. The fourth-order valence-electron chi connectivity index (χ4n) is 3.27. The number of nitrogens with one attached hydrogen (secondary N) is 1. The van der Waals surface area contributed by atoms with Gasteiger partial charge in [0, 0.05) is 11.4 Å². The van der Waals surface area contributed by atoms with E-state index in [4.69, 9.17) is 4.74 Å². The van der Waals surface area contributed by atoms with Gasteiger partial charge in [-0.05, 0) is 31.9 Å². The van der Waals surface area contributed by atoms with Crippen molar-refractivity contribution < 1.29 is 14.3 Å². The smallest absolute Gasteiger partial charge is 0.311 e. The molecule has 2 aromatic rings. The molecule has 24 heavy (non-hydrogen) atoms. The van der Waals surface area contributed by atoms with Crippen LogP contribution >= 0.6 is 0 Å². The molecule has 1 aliphatic carbocycles. The first-order chi connectivity index (χ1) is 11.7. The van der Waals surface area contributed by atoms with E-state index < -0.39 is 0 Å². The van der Waals surface area contributed by atoms with E-state index in [1.54, 1.807) is 13.0 Å². The molecule has 1 amide bonds. The maximum atomic E-state index is 12.6. The van der Waals surface area contributed by atoms with E-state index in [0.717, 1.165) is 36.6 Å². The Balaban J connectivity index is 1.74. The Hall–Kier alpha value is -2.43. The number of pyridine rings is 1. The highest BCUT2D eigenvalue weighted by Crippen LogP contribution is 2.26. The predicted molar refractivity (Wildman–Crippen MR) is 91.6 cm³/mol. The number of hydrogen-bond acceptors (Lipinski definition) is 4. The SMILES string of the molecule is CCOC(=O)[C@@H]1CCCC[C@@H]1NC(=O)c1ccc2ccccc2n1. The number of amides is 1. The molecule has 0 radical (unpaired) electrons. The summed E-state index contributed by atoms with van der Waals surface area (Å²) < 4.78 is 5.15. The third-order valence-electron chi connectivity index (χ3n) is 4.50. The van der Waals surface area contributed by atoms with Gasteiger partial charge in [0.2, 0.25) is 0 Å². The molecular formula is C19H22N2O3. The number of benzene rings is 1. The largest absolute Gasteiger partial charge is 0.466 e. The van der Waals surface area contributed by atoms with Crippen LogP contribution in [0.1, 0.15) is 43.1 Å². The molecule has 1 fully saturated rings. The number of aromatic nitrogens is 1. The number of ether oxygens (including phenoxy) is 1. The molecule has 0 unspecified atom stereocenters. The lowest BCUT2D eigenvalue weighted by Crippen LogP contribution is -2.45. The van der Waals surface area contributed by atoms with Gasteiger partial charge in [-0.25, -0.2) is 4.98 Å². The van der Waals surface area contributed by atoms with Gasteiger partial charge in [-0.15, -0.1) is 0 Å². The Bertz CT molecular complexity index is 744. The molecule has 126 valence electrons.